The highest BCUT2D eigenvalue weighted by Gasteiger charge is 2.19. The van der Waals surface area contributed by atoms with E-state index >= 15 is 0 Å². The van der Waals surface area contributed by atoms with Gasteiger partial charge in [0.2, 0.25) is 0 Å². The fourth-order valence-electron chi connectivity index (χ4n) is 6.83. The van der Waals surface area contributed by atoms with Crippen LogP contribution in [0.15, 0.2) is 153 Å². The molecule has 10 aromatic rings. The molecule has 0 spiro atoms. The van der Waals surface area contributed by atoms with Gasteiger partial charge >= 0.3 is 0 Å². The molecule has 0 bridgehead atoms. The van der Waals surface area contributed by atoms with E-state index in [2.05, 4.69) is 108 Å². The van der Waals surface area contributed by atoms with Gasteiger partial charge in [0, 0.05) is 49.4 Å². The molecule has 0 aliphatic rings. The lowest BCUT2D eigenvalue weighted by molar-refractivity contribution is 0.668. The maximum Gasteiger partial charge on any atom is 0.136 e. The molecule has 0 unspecified atom stereocenters. The predicted molar refractivity (Wildman–Crippen MR) is 180 cm³/mol. The fourth-order valence-corrected chi connectivity index (χ4v) is 6.83. The van der Waals surface area contributed by atoms with E-state index in [9.17, 15) is 0 Å². The van der Waals surface area contributed by atoms with Gasteiger partial charge < -0.3 is 18.2 Å². The van der Waals surface area contributed by atoms with Gasteiger partial charge in [-0.25, -0.2) is 0 Å². The molecule has 0 amide bonds. The van der Waals surface area contributed by atoms with Crippen LogP contribution in [0, 0.1) is 0 Å². The van der Waals surface area contributed by atoms with Crippen LogP contribution in [0.5, 0.6) is 0 Å². The summed E-state index contributed by atoms with van der Waals surface area (Å²) in [5.41, 5.74) is 8.48. The fraction of sp³-hybridized carbons (Fsp3) is 0. The molecule has 4 heteroatoms. The normalized spacial score (nSPS) is 12.1. The molecule has 4 nitrogen and oxygen atoms in total. The van der Waals surface area contributed by atoms with Gasteiger partial charge in [0.1, 0.15) is 33.5 Å². The standard InChI is InChI=1S/C40H23NO3/c1-4-10-34-29(7-1)32-22-26(15-19-37(32)42-34)41(27-16-20-38-33(23-27)30-8-2-5-11-35(30)43-38)25-14-17-28-24(21-25)13-18-39-40(28)31-9-3-6-12-36(31)44-39/h1-23H. The summed E-state index contributed by atoms with van der Waals surface area (Å²) in [6, 6.07) is 48.5. The summed E-state index contributed by atoms with van der Waals surface area (Å²) in [6.45, 7) is 0. The molecule has 0 aliphatic heterocycles. The highest BCUT2D eigenvalue weighted by molar-refractivity contribution is 6.19. The molecule has 206 valence electrons. The van der Waals surface area contributed by atoms with E-state index in [1.54, 1.807) is 0 Å². The van der Waals surface area contributed by atoms with Gasteiger partial charge in [0.05, 0.1) is 0 Å². The van der Waals surface area contributed by atoms with Crippen molar-refractivity contribution < 1.29 is 13.3 Å². The van der Waals surface area contributed by atoms with Crippen molar-refractivity contribution in [2.45, 2.75) is 0 Å². The molecule has 3 aromatic heterocycles. The number of hydrogen-bond acceptors (Lipinski definition) is 4. The Kier molecular flexibility index (Phi) is 4.69. The Hall–Kier alpha value is -6.00. The molecule has 0 saturated carbocycles. The van der Waals surface area contributed by atoms with Crippen LogP contribution in [0.2, 0.25) is 0 Å². The second-order valence-corrected chi connectivity index (χ2v) is 11.3. The second-order valence-electron chi connectivity index (χ2n) is 11.3. The molecule has 0 radical (unpaired) electrons. The van der Waals surface area contributed by atoms with Crippen LogP contribution in [-0.2, 0) is 0 Å². The van der Waals surface area contributed by atoms with E-state index < -0.39 is 0 Å². The average molecular weight is 566 g/mol. The Labute approximate surface area is 250 Å². The number of para-hydroxylation sites is 3. The molecule has 7 aromatic carbocycles. The van der Waals surface area contributed by atoms with Gasteiger partial charge in [0.15, 0.2) is 0 Å². The topological polar surface area (TPSA) is 42.7 Å². The number of anilines is 3. The largest absolute Gasteiger partial charge is 0.456 e. The van der Waals surface area contributed by atoms with Gasteiger partial charge in [-0.15, -0.1) is 0 Å². The van der Waals surface area contributed by atoms with Gasteiger partial charge in [0.25, 0.3) is 0 Å². The first-order chi connectivity index (χ1) is 21.8. The summed E-state index contributed by atoms with van der Waals surface area (Å²) in [5, 5.41) is 8.98. The minimum absolute atomic E-state index is 0.874. The number of benzene rings is 7. The third-order valence-corrected chi connectivity index (χ3v) is 8.84. The van der Waals surface area contributed by atoms with Gasteiger partial charge in [-0.05, 0) is 83.6 Å². The zero-order valence-electron chi connectivity index (χ0n) is 23.5. The van der Waals surface area contributed by atoms with Crippen LogP contribution in [0.4, 0.5) is 17.1 Å². The molecule has 10 rings (SSSR count). The van der Waals surface area contributed by atoms with Crippen molar-refractivity contribution in [3.05, 3.63) is 140 Å². The van der Waals surface area contributed by atoms with Crippen LogP contribution in [0.3, 0.4) is 0 Å². The van der Waals surface area contributed by atoms with Crippen LogP contribution in [0.25, 0.3) is 76.6 Å². The van der Waals surface area contributed by atoms with Crippen LogP contribution in [-0.4, -0.2) is 0 Å². The van der Waals surface area contributed by atoms with Crippen LogP contribution >= 0.6 is 0 Å². The zero-order chi connectivity index (χ0) is 28.8. The zero-order valence-corrected chi connectivity index (χ0v) is 23.5. The first-order valence-corrected chi connectivity index (χ1v) is 14.8. The lowest BCUT2D eigenvalue weighted by Gasteiger charge is -2.26. The molecule has 3 heterocycles. The smallest absolute Gasteiger partial charge is 0.136 e. The number of rotatable bonds is 3. The summed E-state index contributed by atoms with van der Waals surface area (Å²) >= 11 is 0. The lowest BCUT2D eigenvalue weighted by atomic mass is 10.0. The minimum Gasteiger partial charge on any atom is -0.456 e. The number of hydrogen-bond donors (Lipinski definition) is 0. The second kappa shape index (κ2) is 8.76. The van der Waals surface area contributed by atoms with Crippen molar-refractivity contribution >= 4 is 93.7 Å². The Balaban J connectivity index is 1.23. The summed E-state index contributed by atoms with van der Waals surface area (Å²) < 4.78 is 18.5. The highest BCUT2D eigenvalue weighted by atomic mass is 16.3. The monoisotopic (exact) mass is 565 g/mol. The summed E-state index contributed by atoms with van der Waals surface area (Å²) in [5.74, 6) is 0. The van der Waals surface area contributed by atoms with Crippen molar-refractivity contribution in [3.8, 4) is 0 Å². The highest BCUT2D eigenvalue weighted by Crippen LogP contribution is 2.43. The van der Waals surface area contributed by atoms with Gasteiger partial charge in [-0.2, -0.15) is 0 Å². The SMILES string of the molecule is c1ccc2c(c1)oc1ccc(N(c3ccc4c(ccc5oc6ccccc6c54)c3)c3ccc4oc5ccccc5c4c3)cc12. The third kappa shape index (κ3) is 3.33. The Morgan fingerprint density at radius 1 is 0.318 bits per heavy atom. The first kappa shape index (κ1) is 23.6. The Morgan fingerprint density at radius 3 is 1.41 bits per heavy atom. The van der Waals surface area contributed by atoms with E-state index in [1.165, 1.54) is 5.39 Å². The van der Waals surface area contributed by atoms with Crippen molar-refractivity contribution in [3.63, 3.8) is 0 Å². The van der Waals surface area contributed by atoms with Crippen molar-refractivity contribution in [1.29, 1.82) is 0 Å². The van der Waals surface area contributed by atoms with Crippen molar-refractivity contribution in [2.24, 2.45) is 0 Å². The molecular formula is C40H23NO3. The van der Waals surface area contributed by atoms with Crippen LogP contribution in [0.1, 0.15) is 0 Å². The van der Waals surface area contributed by atoms with Crippen molar-refractivity contribution in [1.82, 2.24) is 0 Å². The average Bonchev–Trinajstić information content (AvgIpc) is 3.76. The van der Waals surface area contributed by atoms with Gasteiger partial charge in [-0.3, -0.25) is 0 Å². The number of nitrogens with zero attached hydrogens (tertiary/aromatic N) is 1. The Bertz CT molecular complexity index is 2630. The lowest BCUT2D eigenvalue weighted by Crippen LogP contribution is -2.09. The molecule has 0 saturated heterocycles. The molecule has 0 N–H and O–H groups in total. The molecule has 0 atom stereocenters. The minimum atomic E-state index is 0.874. The number of fused-ring (bicyclic) bond motifs is 11. The van der Waals surface area contributed by atoms with E-state index in [0.717, 1.165) is 88.3 Å². The summed E-state index contributed by atoms with van der Waals surface area (Å²) in [7, 11) is 0. The van der Waals surface area contributed by atoms with E-state index in [4.69, 9.17) is 13.3 Å². The predicted octanol–water partition coefficient (Wildman–Crippen LogP) is 12.0. The quantitative estimate of drug-likeness (QED) is 0.214. The first-order valence-electron chi connectivity index (χ1n) is 14.8. The summed E-state index contributed by atoms with van der Waals surface area (Å²) in [4.78, 5) is 2.32. The van der Waals surface area contributed by atoms with Crippen molar-refractivity contribution in [2.75, 3.05) is 4.90 Å². The molecular weight excluding hydrogens is 542 g/mol. The van der Waals surface area contributed by atoms with E-state index in [-0.39, 0.29) is 0 Å². The Morgan fingerprint density at radius 2 is 0.773 bits per heavy atom. The molecule has 0 fully saturated rings. The maximum atomic E-state index is 6.19. The van der Waals surface area contributed by atoms with E-state index in [0.29, 0.717) is 0 Å². The molecule has 0 aliphatic carbocycles. The maximum absolute atomic E-state index is 6.19. The summed E-state index contributed by atoms with van der Waals surface area (Å²) in [6.07, 6.45) is 0. The molecule has 44 heavy (non-hydrogen) atoms. The number of furan rings is 3. The third-order valence-electron chi connectivity index (χ3n) is 8.84. The van der Waals surface area contributed by atoms with Crippen LogP contribution < -0.4 is 4.90 Å². The van der Waals surface area contributed by atoms with Gasteiger partial charge in [-0.1, -0.05) is 66.7 Å². The van der Waals surface area contributed by atoms with E-state index in [1.807, 2.05) is 36.4 Å².